The number of nitrogens with zero attached hydrogens (tertiary/aromatic N) is 3. The minimum Gasteiger partial charge on any atom is -0.492 e. The summed E-state index contributed by atoms with van der Waals surface area (Å²) >= 11 is 3.33. The first-order valence-electron chi connectivity index (χ1n) is 10.8. The number of nitrogens with one attached hydrogen (secondary N) is 2. The van der Waals surface area contributed by atoms with E-state index in [1.165, 1.54) is 6.07 Å². The minimum absolute atomic E-state index is 0.0676. The first kappa shape index (κ1) is 24.2. The van der Waals surface area contributed by atoms with E-state index >= 15 is 0 Å². The van der Waals surface area contributed by atoms with Gasteiger partial charge in [-0.2, -0.15) is 0 Å². The van der Waals surface area contributed by atoms with E-state index in [9.17, 15) is 8.42 Å². The molecule has 11 heteroatoms. The smallest absolute Gasteiger partial charge is 0.265 e. The molecule has 1 aliphatic rings. The highest BCUT2D eigenvalue weighted by Crippen LogP contribution is 2.30. The summed E-state index contributed by atoms with van der Waals surface area (Å²) in [5.74, 6) is 2.47. The summed E-state index contributed by atoms with van der Waals surface area (Å²) < 4.78 is 40.2. The van der Waals surface area contributed by atoms with Crippen LogP contribution < -0.4 is 19.7 Å². The number of anilines is 4. The molecule has 0 saturated carbocycles. The fraction of sp³-hybridized carbons (Fsp3) is 0.304. The van der Waals surface area contributed by atoms with Crippen LogP contribution in [-0.4, -0.2) is 51.3 Å². The molecule has 9 nitrogen and oxygen atoms in total. The lowest BCUT2D eigenvalue weighted by Crippen LogP contribution is -2.36. The molecule has 0 aliphatic carbocycles. The van der Waals surface area contributed by atoms with Gasteiger partial charge in [-0.3, -0.25) is 4.72 Å². The molecule has 2 aromatic carbocycles. The Kier molecular flexibility index (Phi) is 7.54. The molecular formula is C23H26BrN5O4S. The normalized spacial score (nSPS) is 14.0. The van der Waals surface area contributed by atoms with Gasteiger partial charge in [-0.25, -0.2) is 18.4 Å². The predicted molar refractivity (Wildman–Crippen MR) is 136 cm³/mol. The largest absolute Gasteiger partial charge is 0.492 e. The third-order valence-electron chi connectivity index (χ3n) is 5.06. The molecule has 0 amide bonds. The third kappa shape index (κ3) is 5.96. The number of aryl methyl sites for hydroxylation is 1. The fourth-order valence-corrected chi connectivity index (χ4v) is 5.26. The van der Waals surface area contributed by atoms with Crippen LogP contribution in [0.25, 0.3) is 0 Å². The van der Waals surface area contributed by atoms with E-state index in [1.807, 2.05) is 13.0 Å². The highest BCUT2D eigenvalue weighted by molar-refractivity contribution is 9.10. The van der Waals surface area contributed by atoms with Crippen molar-refractivity contribution >= 4 is 49.0 Å². The van der Waals surface area contributed by atoms with Gasteiger partial charge < -0.3 is 19.7 Å². The van der Waals surface area contributed by atoms with Gasteiger partial charge in [0.15, 0.2) is 0 Å². The van der Waals surface area contributed by atoms with Gasteiger partial charge in [0, 0.05) is 35.0 Å². The van der Waals surface area contributed by atoms with Crippen molar-refractivity contribution in [1.29, 1.82) is 0 Å². The van der Waals surface area contributed by atoms with Gasteiger partial charge >= 0.3 is 0 Å². The van der Waals surface area contributed by atoms with Crippen molar-refractivity contribution < 1.29 is 17.9 Å². The Labute approximate surface area is 207 Å². The maximum absolute atomic E-state index is 13.0. The molecule has 34 heavy (non-hydrogen) atoms. The van der Waals surface area contributed by atoms with E-state index < -0.39 is 10.0 Å². The van der Waals surface area contributed by atoms with Crippen molar-refractivity contribution in [2.75, 3.05) is 47.8 Å². The maximum atomic E-state index is 13.0. The van der Waals surface area contributed by atoms with Gasteiger partial charge in [0.1, 0.15) is 28.1 Å². The van der Waals surface area contributed by atoms with E-state index in [1.54, 1.807) is 43.3 Å². The van der Waals surface area contributed by atoms with E-state index in [-0.39, 0.29) is 4.90 Å². The van der Waals surface area contributed by atoms with Crippen LogP contribution in [0.2, 0.25) is 0 Å². The zero-order valence-electron chi connectivity index (χ0n) is 18.9. The molecule has 0 atom stereocenters. The molecule has 1 aromatic heterocycles. The Morgan fingerprint density at radius 2 is 1.76 bits per heavy atom. The maximum Gasteiger partial charge on any atom is 0.265 e. The number of hydrogen-bond acceptors (Lipinski definition) is 8. The molecular weight excluding hydrogens is 522 g/mol. The van der Waals surface area contributed by atoms with E-state index in [4.69, 9.17) is 9.47 Å². The van der Waals surface area contributed by atoms with Gasteiger partial charge in [0.25, 0.3) is 10.0 Å². The summed E-state index contributed by atoms with van der Waals surface area (Å²) in [6.07, 6.45) is 0. The zero-order chi connectivity index (χ0) is 24.1. The van der Waals surface area contributed by atoms with Crippen LogP contribution in [-0.2, 0) is 14.8 Å². The number of ether oxygens (including phenoxy) is 2. The fourth-order valence-electron chi connectivity index (χ4n) is 3.52. The molecule has 3 aromatic rings. The second kappa shape index (κ2) is 10.6. The Morgan fingerprint density at radius 3 is 2.47 bits per heavy atom. The number of halogens is 1. The van der Waals surface area contributed by atoms with Crippen molar-refractivity contribution in [3.63, 3.8) is 0 Å². The molecule has 2 N–H and O–H groups in total. The van der Waals surface area contributed by atoms with Gasteiger partial charge in [-0.15, -0.1) is 0 Å². The molecule has 1 fully saturated rings. The average Bonchev–Trinajstić information content (AvgIpc) is 2.82. The molecule has 1 saturated heterocycles. The Balaban J connectivity index is 1.49. The van der Waals surface area contributed by atoms with Crippen LogP contribution >= 0.6 is 15.9 Å². The van der Waals surface area contributed by atoms with Crippen molar-refractivity contribution in [3.8, 4) is 5.75 Å². The molecule has 4 rings (SSSR count). The molecule has 0 spiro atoms. The second-order valence-corrected chi connectivity index (χ2v) is 10.2. The summed E-state index contributed by atoms with van der Waals surface area (Å²) in [5, 5.41) is 3.27. The summed E-state index contributed by atoms with van der Waals surface area (Å²) in [6.45, 7) is 6.94. The van der Waals surface area contributed by atoms with E-state index in [0.717, 1.165) is 24.6 Å². The van der Waals surface area contributed by atoms with Gasteiger partial charge in [-0.05, 0) is 56.3 Å². The van der Waals surface area contributed by atoms with Gasteiger partial charge in [-0.1, -0.05) is 15.9 Å². The number of hydrogen-bond donors (Lipinski definition) is 2. The monoisotopic (exact) mass is 547 g/mol. The SMILES string of the molecule is CCOc1ccc(Br)cc1S(=O)(=O)Nc1ccc(Nc2cc(N3CCOCC3)nc(C)n2)cc1. The molecule has 0 unspecified atom stereocenters. The number of sulfonamides is 1. The Bertz CT molecular complexity index is 1250. The van der Waals surface area contributed by atoms with Crippen LogP contribution in [0.15, 0.2) is 57.9 Å². The molecule has 180 valence electrons. The zero-order valence-corrected chi connectivity index (χ0v) is 21.3. The molecule has 1 aliphatic heterocycles. The number of aromatic nitrogens is 2. The van der Waals surface area contributed by atoms with Crippen LogP contribution in [0.1, 0.15) is 12.7 Å². The quantitative estimate of drug-likeness (QED) is 0.429. The third-order valence-corrected chi connectivity index (χ3v) is 6.96. The number of benzene rings is 2. The summed E-state index contributed by atoms with van der Waals surface area (Å²) in [6, 6.07) is 13.7. The highest BCUT2D eigenvalue weighted by Gasteiger charge is 2.20. The van der Waals surface area contributed by atoms with Crippen molar-refractivity contribution in [1.82, 2.24) is 9.97 Å². The molecule has 2 heterocycles. The van der Waals surface area contributed by atoms with E-state index in [0.29, 0.717) is 47.4 Å². The lowest BCUT2D eigenvalue weighted by Gasteiger charge is -2.28. The summed E-state index contributed by atoms with van der Waals surface area (Å²) in [5.41, 5.74) is 1.20. The Hall–Kier alpha value is -2.89. The van der Waals surface area contributed by atoms with Crippen molar-refractivity contribution in [2.24, 2.45) is 0 Å². The average molecular weight is 548 g/mol. The summed E-state index contributed by atoms with van der Waals surface area (Å²) in [7, 11) is -3.85. The van der Waals surface area contributed by atoms with E-state index in [2.05, 4.69) is 40.8 Å². The topological polar surface area (TPSA) is 106 Å². The lowest BCUT2D eigenvalue weighted by molar-refractivity contribution is 0.122. The van der Waals surface area contributed by atoms with Crippen LogP contribution in [0.4, 0.5) is 23.0 Å². The Morgan fingerprint density at radius 1 is 1.06 bits per heavy atom. The number of rotatable bonds is 8. The second-order valence-electron chi connectivity index (χ2n) is 7.59. The van der Waals surface area contributed by atoms with Gasteiger partial charge in [0.05, 0.1) is 19.8 Å². The van der Waals surface area contributed by atoms with Crippen molar-refractivity contribution in [2.45, 2.75) is 18.7 Å². The van der Waals surface area contributed by atoms with Crippen LogP contribution in [0.5, 0.6) is 5.75 Å². The lowest BCUT2D eigenvalue weighted by atomic mass is 10.3. The molecule has 0 bridgehead atoms. The standard InChI is InChI=1S/C23H26BrN5O4S/c1-3-33-20-9-4-17(24)14-21(20)34(30,31)28-19-7-5-18(6-8-19)27-22-15-23(26-16(2)25-22)29-10-12-32-13-11-29/h4-9,14-15,28H,3,10-13H2,1-2H3,(H,25,26,27). The minimum atomic E-state index is -3.85. The number of morpholine rings is 1. The van der Waals surface area contributed by atoms with Crippen molar-refractivity contribution in [3.05, 3.63) is 58.8 Å². The first-order chi connectivity index (χ1) is 16.3. The van der Waals surface area contributed by atoms with Crippen LogP contribution in [0.3, 0.4) is 0 Å². The van der Waals surface area contributed by atoms with Crippen LogP contribution in [0, 0.1) is 6.92 Å². The summed E-state index contributed by atoms with van der Waals surface area (Å²) in [4.78, 5) is 11.2. The highest BCUT2D eigenvalue weighted by atomic mass is 79.9. The molecule has 0 radical (unpaired) electrons. The first-order valence-corrected chi connectivity index (χ1v) is 13.1. The predicted octanol–water partition coefficient (Wildman–Crippen LogP) is 4.33. The van der Waals surface area contributed by atoms with Gasteiger partial charge in [0.2, 0.25) is 0 Å².